The van der Waals surface area contributed by atoms with Crippen LogP contribution in [0.4, 0.5) is 0 Å². The van der Waals surface area contributed by atoms with Crippen molar-refractivity contribution >= 4 is 27.8 Å². The Morgan fingerprint density at radius 2 is 1.92 bits per heavy atom. The maximum atomic E-state index is 13.2. The van der Waals surface area contributed by atoms with Gasteiger partial charge in [0.2, 0.25) is 10.0 Å². The van der Waals surface area contributed by atoms with Crippen LogP contribution in [0.5, 0.6) is 0 Å². The van der Waals surface area contributed by atoms with Crippen molar-refractivity contribution in [2.24, 2.45) is 17.8 Å². The van der Waals surface area contributed by atoms with Crippen LogP contribution in [0.2, 0.25) is 0 Å². The Labute approximate surface area is 237 Å². The Balaban J connectivity index is 1.52. The molecule has 0 N–H and O–H groups in total. The predicted molar refractivity (Wildman–Crippen MR) is 152 cm³/mol. The van der Waals surface area contributed by atoms with Gasteiger partial charge >= 0.3 is 5.97 Å². The number of ether oxygens (including phenoxy) is 2. The van der Waals surface area contributed by atoms with Crippen molar-refractivity contribution in [3.63, 3.8) is 0 Å². The summed E-state index contributed by atoms with van der Waals surface area (Å²) in [7, 11) is -3.65. The van der Waals surface area contributed by atoms with Crippen molar-refractivity contribution < 1.29 is 22.7 Å². The number of hydrogen-bond donors (Lipinski definition) is 0. The van der Waals surface area contributed by atoms with E-state index in [0.29, 0.717) is 60.6 Å². The summed E-state index contributed by atoms with van der Waals surface area (Å²) in [5.41, 5.74) is 0.669. The molecule has 2 aromatic rings. The molecule has 0 amide bonds. The van der Waals surface area contributed by atoms with Crippen molar-refractivity contribution in [2.45, 2.75) is 82.5 Å². The molecule has 0 bridgehead atoms. The summed E-state index contributed by atoms with van der Waals surface area (Å²) >= 11 is 1.32. The number of aromatic nitrogens is 3. The van der Waals surface area contributed by atoms with Gasteiger partial charge in [0.25, 0.3) is 0 Å². The maximum Gasteiger partial charge on any atom is 0.316 e. The third kappa shape index (κ3) is 7.04. The third-order valence-electron chi connectivity index (χ3n) is 7.96. The molecule has 1 aliphatic heterocycles. The zero-order chi connectivity index (χ0) is 28.2. The van der Waals surface area contributed by atoms with Crippen molar-refractivity contribution in [3.8, 4) is 11.4 Å². The molecular formula is C28H42N4O5S2. The molecule has 4 atom stereocenters. The van der Waals surface area contributed by atoms with Crippen LogP contribution < -0.4 is 0 Å². The van der Waals surface area contributed by atoms with Crippen LogP contribution in [0, 0.1) is 17.8 Å². The van der Waals surface area contributed by atoms with Gasteiger partial charge in [0, 0.05) is 24.7 Å². The number of esters is 1. The first-order valence-corrected chi connectivity index (χ1v) is 16.5. The summed E-state index contributed by atoms with van der Waals surface area (Å²) in [6.07, 6.45) is 3.97. The molecule has 0 radical (unpaired) electrons. The summed E-state index contributed by atoms with van der Waals surface area (Å²) in [5, 5.41) is 9.47. The smallest absolute Gasteiger partial charge is 0.316 e. The highest BCUT2D eigenvalue weighted by molar-refractivity contribution is 7.99. The normalized spacial score (nSPS) is 23.6. The second kappa shape index (κ2) is 13.1. The van der Waals surface area contributed by atoms with E-state index < -0.39 is 10.0 Å². The lowest BCUT2D eigenvalue weighted by atomic mass is 9.75. The van der Waals surface area contributed by atoms with E-state index in [1.807, 2.05) is 10.6 Å². The van der Waals surface area contributed by atoms with Crippen LogP contribution in [0.25, 0.3) is 11.4 Å². The molecule has 2 fully saturated rings. The van der Waals surface area contributed by atoms with Crippen LogP contribution in [0.15, 0.2) is 34.3 Å². The zero-order valence-electron chi connectivity index (χ0n) is 23.7. The van der Waals surface area contributed by atoms with Gasteiger partial charge in [-0.05, 0) is 56.1 Å². The minimum absolute atomic E-state index is 0.0407. The van der Waals surface area contributed by atoms with E-state index in [1.54, 1.807) is 18.2 Å². The fourth-order valence-electron chi connectivity index (χ4n) is 5.46. The molecule has 1 saturated carbocycles. The van der Waals surface area contributed by atoms with Crippen LogP contribution >= 0.6 is 11.8 Å². The van der Waals surface area contributed by atoms with E-state index in [-0.39, 0.29) is 28.8 Å². The van der Waals surface area contributed by atoms with Crippen molar-refractivity contribution in [3.05, 3.63) is 24.3 Å². The fraction of sp³-hybridized carbons (Fsp3) is 0.679. The lowest BCUT2D eigenvalue weighted by molar-refractivity contribution is -0.152. The van der Waals surface area contributed by atoms with E-state index >= 15 is 0 Å². The predicted octanol–water partition coefficient (Wildman–Crippen LogP) is 5.03. The molecule has 11 heteroatoms. The molecular weight excluding hydrogens is 536 g/mol. The summed E-state index contributed by atoms with van der Waals surface area (Å²) < 4.78 is 41.3. The molecule has 1 saturated heterocycles. The van der Waals surface area contributed by atoms with Crippen LogP contribution in [-0.2, 0) is 24.3 Å². The molecule has 1 aromatic heterocycles. The second-order valence-electron chi connectivity index (χ2n) is 11.1. The highest BCUT2D eigenvalue weighted by Crippen LogP contribution is 2.36. The third-order valence-corrected chi connectivity index (χ3v) is 10.8. The lowest BCUT2D eigenvalue weighted by Crippen LogP contribution is -2.40. The van der Waals surface area contributed by atoms with E-state index in [2.05, 4.69) is 44.8 Å². The summed E-state index contributed by atoms with van der Waals surface area (Å²) in [6.45, 7) is 12.2. The molecule has 4 unspecified atom stereocenters. The average Bonchev–Trinajstić information content (AvgIpc) is 3.36. The molecule has 4 rings (SSSR count). The van der Waals surface area contributed by atoms with Gasteiger partial charge in [-0.25, -0.2) is 8.42 Å². The standard InChI is InChI=1S/C28H42N4O5S2/c1-6-21(5)32-27(22-8-7-9-23(17-22)39(34,35)31-12-14-36-15-13-31)29-30-28(32)38-18-26(33)37-25-16-20(4)10-11-24(25)19(2)3/h7-9,17,19-21,24-25H,6,10-16,18H2,1-5H3. The summed E-state index contributed by atoms with van der Waals surface area (Å²) in [4.78, 5) is 13.1. The van der Waals surface area contributed by atoms with Gasteiger partial charge < -0.3 is 9.47 Å². The highest BCUT2D eigenvalue weighted by atomic mass is 32.2. The number of benzene rings is 1. The van der Waals surface area contributed by atoms with Gasteiger partial charge in [-0.1, -0.05) is 58.0 Å². The first-order chi connectivity index (χ1) is 18.6. The molecule has 1 aromatic carbocycles. The van der Waals surface area contributed by atoms with E-state index in [1.165, 1.54) is 22.5 Å². The monoisotopic (exact) mass is 578 g/mol. The Morgan fingerprint density at radius 3 is 2.62 bits per heavy atom. The Morgan fingerprint density at radius 1 is 1.18 bits per heavy atom. The topological polar surface area (TPSA) is 104 Å². The second-order valence-corrected chi connectivity index (χ2v) is 14.0. The molecule has 2 heterocycles. The highest BCUT2D eigenvalue weighted by Gasteiger charge is 2.33. The average molecular weight is 579 g/mol. The maximum absolute atomic E-state index is 13.2. The zero-order valence-corrected chi connectivity index (χ0v) is 25.3. The molecule has 39 heavy (non-hydrogen) atoms. The van der Waals surface area contributed by atoms with Gasteiger partial charge in [-0.3, -0.25) is 9.36 Å². The van der Waals surface area contributed by atoms with Crippen molar-refractivity contribution in [2.75, 3.05) is 32.1 Å². The number of thioether (sulfide) groups is 1. The van der Waals surface area contributed by atoms with Crippen LogP contribution in [-0.4, -0.2) is 71.6 Å². The van der Waals surface area contributed by atoms with Gasteiger partial charge in [0.05, 0.1) is 23.9 Å². The van der Waals surface area contributed by atoms with Gasteiger partial charge in [0.15, 0.2) is 11.0 Å². The first-order valence-electron chi connectivity index (χ1n) is 14.1. The van der Waals surface area contributed by atoms with Crippen LogP contribution in [0.3, 0.4) is 0 Å². The number of morpholine rings is 1. The number of carbonyl (C=O) groups is 1. The number of nitrogens with zero attached hydrogens (tertiary/aromatic N) is 4. The fourth-order valence-corrected chi connectivity index (χ4v) is 7.73. The van der Waals surface area contributed by atoms with Crippen LogP contribution in [0.1, 0.15) is 66.3 Å². The van der Waals surface area contributed by atoms with E-state index in [4.69, 9.17) is 9.47 Å². The van der Waals surface area contributed by atoms with Gasteiger partial charge in [-0.15, -0.1) is 10.2 Å². The first kappa shape index (κ1) is 30.0. The molecule has 9 nitrogen and oxygen atoms in total. The number of sulfonamides is 1. The Kier molecular flexibility index (Phi) is 10.1. The molecule has 216 valence electrons. The Hall–Kier alpha value is -1.95. The number of rotatable bonds is 10. The quantitative estimate of drug-likeness (QED) is 0.286. The number of hydrogen-bond acceptors (Lipinski definition) is 8. The van der Waals surface area contributed by atoms with Crippen molar-refractivity contribution in [1.29, 1.82) is 0 Å². The molecule has 2 aliphatic rings. The number of carbonyl (C=O) groups excluding carboxylic acids is 1. The molecule has 1 aliphatic carbocycles. The lowest BCUT2D eigenvalue weighted by Gasteiger charge is -2.36. The SMILES string of the molecule is CCC(C)n1c(SCC(=O)OC2CC(C)CCC2C(C)C)nnc1-c1cccc(S(=O)(=O)N2CCOCC2)c1. The van der Waals surface area contributed by atoms with Crippen molar-refractivity contribution in [1.82, 2.24) is 19.1 Å². The van der Waals surface area contributed by atoms with E-state index in [9.17, 15) is 13.2 Å². The van der Waals surface area contributed by atoms with Gasteiger partial charge in [-0.2, -0.15) is 4.31 Å². The largest absolute Gasteiger partial charge is 0.461 e. The summed E-state index contributed by atoms with van der Waals surface area (Å²) in [6, 6.07) is 6.91. The minimum Gasteiger partial charge on any atom is -0.461 e. The van der Waals surface area contributed by atoms with E-state index in [0.717, 1.165) is 19.3 Å². The summed E-state index contributed by atoms with van der Waals surface area (Å²) in [5.74, 6) is 1.93. The molecule has 0 spiro atoms. The van der Waals surface area contributed by atoms with Gasteiger partial charge in [0.1, 0.15) is 6.10 Å². The Bertz CT molecular complexity index is 1230. The minimum atomic E-state index is -3.65.